The van der Waals surface area contributed by atoms with Gasteiger partial charge in [0.25, 0.3) is 5.91 Å². The highest BCUT2D eigenvalue weighted by Crippen LogP contribution is 2.22. The molecule has 0 bridgehead atoms. The molecule has 6 heteroatoms. The molecule has 2 aromatic carbocycles. The molecular weight excluding hydrogens is 376 g/mol. The van der Waals surface area contributed by atoms with Crippen molar-refractivity contribution in [3.8, 4) is 17.0 Å². The number of nitrogens with zero attached hydrogens (tertiary/aromatic N) is 4. The fourth-order valence-corrected chi connectivity index (χ4v) is 3.55. The lowest BCUT2D eigenvalue weighted by molar-refractivity contribution is -0.133. The second kappa shape index (κ2) is 8.95. The Bertz CT molecular complexity index is 994. The Morgan fingerprint density at radius 2 is 1.63 bits per heavy atom. The molecule has 0 spiro atoms. The molecule has 0 radical (unpaired) electrons. The second-order valence-corrected chi connectivity index (χ2v) is 7.56. The Balaban J connectivity index is 1.30. The van der Waals surface area contributed by atoms with Crippen LogP contribution < -0.4 is 9.64 Å². The van der Waals surface area contributed by atoms with Crippen molar-refractivity contribution in [3.63, 3.8) is 0 Å². The third-order valence-corrected chi connectivity index (χ3v) is 5.41. The Hall–Kier alpha value is -3.41. The van der Waals surface area contributed by atoms with Gasteiger partial charge < -0.3 is 14.5 Å². The van der Waals surface area contributed by atoms with Crippen LogP contribution in [0.25, 0.3) is 11.3 Å². The Kier molecular flexibility index (Phi) is 5.93. The molecule has 2 heterocycles. The molecule has 6 nitrogen and oxygen atoms in total. The van der Waals surface area contributed by atoms with Gasteiger partial charge in [0, 0.05) is 31.7 Å². The SMILES string of the molecule is Cc1ccc(OCC(=O)N2CCN(c3ccc(-c4ccccc4C)nn3)CC2)cc1. The number of benzene rings is 2. The van der Waals surface area contributed by atoms with Crippen molar-refractivity contribution < 1.29 is 9.53 Å². The number of hydrogen-bond acceptors (Lipinski definition) is 5. The van der Waals surface area contributed by atoms with Crippen LogP contribution in [0.15, 0.2) is 60.7 Å². The Labute approximate surface area is 177 Å². The largest absolute Gasteiger partial charge is 0.484 e. The molecule has 1 aromatic heterocycles. The van der Waals surface area contributed by atoms with E-state index in [4.69, 9.17) is 4.74 Å². The van der Waals surface area contributed by atoms with Gasteiger partial charge in [0.2, 0.25) is 0 Å². The van der Waals surface area contributed by atoms with Gasteiger partial charge in [-0.2, -0.15) is 0 Å². The highest BCUT2D eigenvalue weighted by molar-refractivity contribution is 5.78. The van der Waals surface area contributed by atoms with Crippen LogP contribution >= 0.6 is 0 Å². The average molecular weight is 402 g/mol. The summed E-state index contributed by atoms with van der Waals surface area (Å²) in [7, 11) is 0. The van der Waals surface area contributed by atoms with E-state index in [-0.39, 0.29) is 12.5 Å². The van der Waals surface area contributed by atoms with Crippen LogP contribution in [0.2, 0.25) is 0 Å². The first-order valence-electron chi connectivity index (χ1n) is 10.2. The number of rotatable bonds is 5. The summed E-state index contributed by atoms with van der Waals surface area (Å²) in [5, 5.41) is 8.84. The molecule has 1 saturated heterocycles. The van der Waals surface area contributed by atoms with E-state index in [1.165, 1.54) is 11.1 Å². The van der Waals surface area contributed by atoms with E-state index in [9.17, 15) is 4.79 Å². The fourth-order valence-electron chi connectivity index (χ4n) is 3.55. The molecule has 0 unspecified atom stereocenters. The quantitative estimate of drug-likeness (QED) is 0.654. The summed E-state index contributed by atoms with van der Waals surface area (Å²) in [6, 6.07) is 19.9. The number of hydrogen-bond donors (Lipinski definition) is 0. The zero-order valence-corrected chi connectivity index (χ0v) is 17.4. The standard InChI is InChI=1S/C24H26N4O2/c1-18-7-9-20(10-8-18)30-17-24(29)28-15-13-27(14-16-28)23-12-11-22(25-26-23)21-6-4-3-5-19(21)2/h3-12H,13-17H2,1-2H3. The topological polar surface area (TPSA) is 58.6 Å². The van der Waals surface area contributed by atoms with Gasteiger partial charge in [0.05, 0.1) is 5.69 Å². The maximum Gasteiger partial charge on any atom is 0.260 e. The molecule has 0 atom stereocenters. The van der Waals surface area contributed by atoms with Crippen molar-refractivity contribution in [1.82, 2.24) is 15.1 Å². The molecule has 1 aliphatic heterocycles. The maximum atomic E-state index is 12.5. The lowest BCUT2D eigenvalue weighted by atomic mass is 10.1. The van der Waals surface area contributed by atoms with Gasteiger partial charge in [-0.25, -0.2) is 0 Å². The van der Waals surface area contributed by atoms with Crippen molar-refractivity contribution in [3.05, 3.63) is 71.8 Å². The van der Waals surface area contributed by atoms with Crippen molar-refractivity contribution in [2.75, 3.05) is 37.7 Å². The third-order valence-electron chi connectivity index (χ3n) is 5.41. The van der Waals surface area contributed by atoms with E-state index in [0.717, 1.165) is 35.9 Å². The van der Waals surface area contributed by atoms with E-state index in [0.29, 0.717) is 13.1 Å². The number of piperazine rings is 1. The summed E-state index contributed by atoms with van der Waals surface area (Å²) < 4.78 is 5.63. The van der Waals surface area contributed by atoms with Crippen LogP contribution in [0.1, 0.15) is 11.1 Å². The van der Waals surface area contributed by atoms with E-state index in [1.54, 1.807) is 0 Å². The van der Waals surface area contributed by atoms with Crippen molar-refractivity contribution in [1.29, 1.82) is 0 Å². The molecule has 0 aliphatic carbocycles. The first-order valence-corrected chi connectivity index (χ1v) is 10.2. The molecule has 0 saturated carbocycles. The first-order chi connectivity index (χ1) is 14.6. The van der Waals surface area contributed by atoms with E-state index in [1.807, 2.05) is 60.4 Å². The molecule has 1 aliphatic rings. The number of carbonyl (C=O) groups excluding carboxylic acids is 1. The van der Waals surface area contributed by atoms with Crippen LogP contribution in [-0.4, -0.2) is 53.8 Å². The number of amides is 1. The fraction of sp³-hybridized carbons (Fsp3) is 0.292. The van der Waals surface area contributed by atoms with Gasteiger partial charge in [0.15, 0.2) is 12.4 Å². The van der Waals surface area contributed by atoms with E-state index >= 15 is 0 Å². The lowest BCUT2D eigenvalue weighted by Gasteiger charge is -2.35. The number of aryl methyl sites for hydroxylation is 2. The normalized spacial score (nSPS) is 13.9. The van der Waals surface area contributed by atoms with Crippen molar-refractivity contribution in [2.24, 2.45) is 0 Å². The summed E-state index contributed by atoms with van der Waals surface area (Å²) in [4.78, 5) is 16.5. The van der Waals surface area contributed by atoms with Gasteiger partial charge in [-0.3, -0.25) is 4.79 Å². The maximum absolute atomic E-state index is 12.5. The number of aromatic nitrogens is 2. The zero-order valence-electron chi connectivity index (χ0n) is 17.4. The number of carbonyl (C=O) groups is 1. The summed E-state index contributed by atoms with van der Waals surface area (Å²) in [5.74, 6) is 1.57. The van der Waals surface area contributed by atoms with E-state index < -0.39 is 0 Å². The highest BCUT2D eigenvalue weighted by atomic mass is 16.5. The lowest BCUT2D eigenvalue weighted by Crippen LogP contribution is -2.50. The van der Waals surface area contributed by atoms with Crippen LogP contribution in [0.3, 0.4) is 0 Å². The molecule has 0 N–H and O–H groups in total. The molecule has 30 heavy (non-hydrogen) atoms. The minimum absolute atomic E-state index is 0.0104. The molecular formula is C24H26N4O2. The predicted molar refractivity (Wildman–Crippen MR) is 118 cm³/mol. The van der Waals surface area contributed by atoms with Crippen LogP contribution in [0.4, 0.5) is 5.82 Å². The van der Waals surface area contributed by atoms with Crippen LogP contribution in [0, 0.1) is 13.8 Å². The predicted octanol–water partition coefficient (Wildman–Crippen LogP) is 3.49. The Morgan fingerprint density at radius 3 is 2.30 bits per heavy atom. The monoisotopic (exact) mass is 402 g/mol. The molecule has 4 rings (SSSR count). The molecule has 1 fully saturated rings. The molecule has 3 aromatic rings. The van der Waals surface area contributed by atoms with Gasteiger partial charge in [-0.15, -0.1) is 10.2 Å². The van der Waals surface area contributed by atoms with Crippen molar-refractivity contribution >= 4 is 11.7 Å². The van der Waals surface area contributed by atoms with Gasteiger partial charge in [0.1, 0.15) is 5.75 Å². The van der Waals surface area contributed by atoms with Crippen LogP contribution in [-0.2, 0) is 4.79 Å². The van der Waals surface area contributed by atoms with Crippen LogP contribution in [0.5, 0.6) is 5.75 Å². The first kappa shape index (κ1) is 19.9. The summed E-state index contributed by atoms with van der Waals surface area (Å²) in [6.07, 6.45) is 0. The summed E-state index contributed by atoms with van der Waals surface area (Å²) >= 11 is 0. The number of anilines is 1. The second-order valence-electron chi connectivity index (χ2n) is 7.56. The zero-order chi connectivity index (χ0) is 20.9. The average Bonchev–Trinajstić information content (AvgIpc) is 2.79. The Morgan fingerprint density at radius 1 is 0.900 bits per heavy atom. The number of ether oxygens (including phenoxy) is 1. The van der Waals surface area contributed by atoms with Gasteiger partial charge in [-0.05, 0) is 43.7 Å². The molecule has 1 amide bonds. The summed E-state index contributed by atoms with van der Waals surface area (Å²) in [5.41, 5.74) is 4.32. The minimum Gasteiger partial charge on any atom is -0.484 e. The third kappa shape index (κ3) is 4.59. The van der Waals surface area contributed by atoms with E-state index in [2.05, 4.69) is 34.2 Å². The molecule has 154 valence electrons. The summed E-state index contributed by atoms with van der Waals surface area (Å²) in [6.45, 7) is 6.92. The smallest absolute Gasteiger partial charge is 0.260 e. The van der Waals surface area contributed by atoms with Crippen molar-refractivity contribution in [2.45, 2.75) is 13.8 Å². The minimum atomic E-state index is 0.0104. The van der Waals surface area contributed by atoms with Gasteiger partial charge in [-0.1, -0.05) is 42.0 Å². The highest BCUT2D eigenvalue weighted by Gasteiger charge is 2.22. The van der Waals surface area contributed by atoms with Gasteiger partial charge >= 0.3 is 0 Å².